The molecule has 136 valence electrons. The number of hydrogen-bond donors (Lipinski definition) is 1. The fraction of sp³-hybridized carbons (Fsp3) is 0.364. The van der Waals surface area contributed by atoms with Crippen molar-refractivity contribution in [2.45, 2.75) is 31.9 Å². The van der Waals surface area contributed by atoms with Crippen LogP contribution in [-0.2, 0) is 25.0 Å². The minimum absolute atomic E-state index is 0.536. The van der Waals surface area contributed by atoms with Crippen molar-refractivity contribution < 1.29 is 5.11 Å². The molecule has 1 aromatic heterocycles. The van der Waals surface area contributed by atoms with Gasteiger partial charge in [0, 0.05) is 41.1 Å². The zero-order valence-electron chi connectivity index (χ0n) is 15.4. The molecule has 2 aromatic carbocycles. The highest BCUT2D eigenvalue weighted by Crippen LogP contribution is 2.34. The molecule has 4 rings (SSSR count). The van der Waals surface area contributed by atoms with Crippen LogP contribution in [0.15, 0.2) is 48.5 Å². The maximum Gasteiger partial charge on any atom is 0.105 e. The Hall–Kier alpha value is -1.81. The summed E-state index contributed by atoms with van der Waals surface area (Å²) in [6.07, 6.45) is 2.01. The third-order valence-electron chi connectivity index (χ3n) is 5.58. The molecule has 1 N–H and O–H groups in total. The second kappa shape index (κ2) is 6.73. The quantitative estimate of drug-likeness (QED) is 0.749. The van der Waals surface area contributed by atoms with E-state index in [4.69, 9.17) is 11.6 Å². The topological polar surface area (TPSA) is 28.4 Å². The van der Waals surface area contributed by atoms with Crippen molar-refractivity contribution in [1.82, 2.24) is 9.47 Å². The van der Waals surface area contributed by atoms with Gasteiger partial charge in [0.15, 0.2) is 0 Å². The van der Waals surface area contributed by atoms with Crippen molar-refractivity contribution >= 4 is 22.5 Å². The van der Waals surface area contributed by atoms with E-state index in [2.05, 4.69) is 28.6 Å². The Morgan fingerprint density at radius 1 is 1.08 bits per heavy atom. The van der Waals surface area contributed by atoms with Crippen LogP contribution >= 0.6 is 11.6 Å². The molecule has 0 amide bonds. The van der Waals surface area contributed by atoms with E-state index in [1.165, 1.54) is 22.2 Å². The van der Waals surface area contributed by atoms with Gasteiger partial charge < -0.3 is 14.6 Å². The number of aliphatic hydroxyl groups is 1. The maximum absolute atomic E-state index is 11.2. The van der Waals surface area contributed by atoms with Gasteiger partial charge in [0.1, 0.15) is 5.60 Å². The minimum Gasteiger partial charge on any atom is -0.384 e. The minimum atomic E-state index is -0.932. The largest absolute Gasteiger partial charge is 0.384 e. The van der Waals surface area contributed by atoms with Gasteiger partial charge in [0.05, 0.1) is 6.54 Å². The van der Waals surface area contributed by atoms with Gasteiger partial charge in [0.2, 0.25) is 0 Å². The van der Waals surface area contributed by atoms with Crippen LogP contribution in [0, 0.1) is 0 Å². The lowest BCUT2D eigenvalue weighted by atomic mass is 9.96. The second-order valence-electron chi connectivity index (χ2n) is 7.62. The Morgan fingerprint density at radius 3 is 2.58 bits per heavy atom. The monoisotopic (exact) mass is 368 g/mol. The van der Waals surface area contributed by atoms with Crippen molar-refractivity contribution in [3.63, 3.8) is 0 Å². The SMILES string of the molecule is CN1CCc2c(n(CC(C)(O)c3ccccc3)c3ccc(Cl)cc23)CC1. The maximum atomic E-state index is 11.2. The van der Waals surface area contributed by atoms with Crippen LogP contribution in [0.4, 0.5) is 0 Å². The number of rotatable bonds is 3. The van der Waals surface area contributed by atoms with Crippen molar-refractivity contribution in [2.24, 2.45) is 0 Å². The van der Waals surface area contributed by atoms with Gasteiger partial charge in [0.25, 0.3) is 0 Å². The lowest BCUT2D eigenvalue weighted by Gasteiger charge is -2.26. The van der Waals surface area contributed by atoms with E-state index < -0.39 is 5.60 Å². The molecule has 0 spiro atoms. The number of likely N-dealkylation sites (N-methyl/N-ethyl adjacent to an activating group) is 1. The first-order chi connectivity index (χ1) is 12.5. The summed E-state index contributed by atoms with van der Waals surface area (Å²) in [4.78, 5) is 2.37. The summed E-state index contributed by atoms with van der Waals surface area (Å²) in [5.41, 5.74) is 3.90. The zero-order valence-corrected chi connectivity index (χ0v) is 16.1. The average Bonchev–Trinajstić information content (AvgIpc) is 2.76. The molecule has 1 aliphatic rings. The first kappa shape index (κ1) is 17.6. The normalized spacial score (nSPS) is 17.7. The van der Waals surface area contributed by atoms with Gasteiger partial charge >= 0.3 is 0 Å². The molecular weight excluding hydrogens is 344 g/mol. The average molecular weight is 369 g/mol. The molecule has 0 bridgehead atoms. The van der Waals surface area contributed by atoms with E-state index in [9.17, 15) is 5.11 Å². The van der Waals surface area contributed by atoms with E-state index in [1.54, 1.807) is 0 Å². The molecular formula is C22H25ClN2O. The van der Waals surface area contributed by atoms with E-state index in [0.717, 1.165) is 36.5 Å². The Morgan fingerprint density at radius 2 is 1.81 bits per heavy atom. The molecule has 1 aliphatic heterocycles. The van der Waals surface area contributed by atoms with Gasteiger partial charge in [-0.1, -0.05) is 41.9 Å². The summed E-state index contributed by atoms with van der Waals surface area (Å²) in [5, 5.41) is 13.2. The summed E-state index contributed by atoms with van der Waals surface area (Å²) in [5.74, 6) is 0. The van der Waals surface area contributed by atoms with Crippen LogP contribution in [0.1, 0.15) is 23.7 Å². The van der Waals surface area contributed by atoms with Crippen LogP contribution in [0.3, 0.4) is 0 Å². The number of fused-ring (bicyclic) bond motifs is 3. The predicted molar refractivity (Wildman–Crippen MR) is 108 cm³/mol. The summed E-state index contributed by atoms with van der Waals surface area (Å²) < 4.78 is 2.31. The third kappa shape index (κ3) is 3.16. The Kier molecular flexibility index (Phi) is 4.55. The van der Waals surface area contributed by atoms with Crippen LogP contribution in [0.5, 0.6) is 0 Å². The van der Waals surface area contributed by atoms with E-state index in [1.807, 2.05) is 43.3 Å². The van der Waals surface area contributed by atoms with Gasteiger partial charge in [-0.25, -0.2) is 0 Å². The standard InChI is InChI=1S/C22H25ClN2O/c1-22(26,16-6-4-3-5-7-16)15-25-20-9-8-17(23)14-19(20)18-10-12-24(2)13-11-21(18)25/h3-9,14,26H,10-13,15H2,1-2H3. The first-order valence-electron chi connectivity index (χ1n) is 9.22. The van der Waals surface area contributed by atoms with Crippen molar-refractivity contribution in [2.75, 3.05) is 20.1 Å². The molecule has 1 unspecified atom stereocenters. The molecule has 0 saturated carbocycles. The Balaban J connectivity index is 1.84. The number of halogens is 1. The van der Waals surface area contributed by atoms with Gasteiger partial charge in [-0.3, -0.25) is 0 Å². The fourth-order valence-electron chi connectivity index (χ4n) is 4.10. The molecule has 0 fully saturated rings. The number of benzene rings is 2. The molecule has 2 heterocycles. The first-order valence-corrected chi connectivity index (χ1v) is 9.59. The third-order valence-corrected chi connectivity index (χ3v) is 5.82. The highest BCUT2D eigenvalue weighted by Gasteiger charge is 2.28. The van der Waals surface area contributed by atoms with Crippen molar-refractivity contribution in [3.05, 3.63) is 70.4 Å². The lowest BCUT2D eigenvalue weighted by Crippen LogP contribution is -2.29. The van der Waals surface area contributed by atoms with E-state index in [0.29, 0.717) is 6.54 Å². The van der Waals surface area contributed by atoms with Gasteiger partial charge in [-0.15, -0.1) is 0 Å². The van der Waals surface area contributed by atoms with Crippen LogP contribution < -0.4 is 0 Å². The van der Waals surface area contributed by atoms with Crippen molar-refractivity contribution in [1.29, 1.82) is 0 Å². The van der Waals surface area contributed by atoms with E-state index >= 15 is 0 Å². The zero-order chi connectivity index (χ0) is 18.3. The lowest BCUT2D eigenvalue weighted by molar-refractivity contribution is 0.0388. The fourth-order valence-corrected chi connectivity index (χ4v) is 4.27. The van der Waals surface area contributed by atoms with Crippen LogP contribution in [0.2, 0.25) is 5.02 Å². The molecule has 0 aliphatic carbocycles. The van der Waals surface area contributed by atoms with E-state index in [-0.39, 0.29) is 0 Å². The summed E-state index contributed by atoms with van der Waals surface area (Å²) in [7, 11) is 2.17. The molecule has 3 nitrogen and oxygen atoms in total. The molecule has 0 radical (unpaired) electrons. The Labute approximate surface area is 159 Å². The summed E-state index contributed by atoms with van der Waals surface area (Å²) in [6.45, 7) is 4.52. The van der Waals surface area contributed by atoms with Crippen molar-refractivity contribution in [3.8, 4) is 0 Å². The summed E-state index contributed by atoms with van der Waals surface area (Å²) in [6, 6.07) is 16.0. The highest BCUT2D eigenvalue weighted by molar-refractivity contribution is 6.31. The van der Waals surface area contributed by atoms with Crippen LogP contribution in [-0.4, -0.2) is 34.7 Å². The number of hydrogen-bond acceptors (Lipinski definition) is 2. The number of nitrogens with zero attached hydrogens (tertiary/aromatic N) is 2. The second-order valence-corrected chi connectivity index (χ2v) is 8.05. The summed E-state index contributed by atoms with van der Waals surface area (Å²) >= 11 is 6.30. The van der Waals surface area contributed by atoms with Crippen LogP contribution in [0.25, 0.3) is 10.9 Å². The predicted octanol–water partition coefficient (Wildman–Crippen LogP) is 4.23. The molecule has 26 heavy (non-hydrogen) atoms. The Bertz CT molecular complexity index is 930. The smallest absolute Gasteiger partial charge is 0.105 e. The molecule has 4 heteroatoms. The molecule has 3 aromatic rings. The number of aromatic nitrogens is 1. The molecule has 1 atom stereocenters. The molecule has 0 saturated heterocycles. The highest BCUT2D eigenvalue weighted by atomic mass is 35.5. The van der Waals surface area contributed by atoms with Gasteiger partial charge in [-0.05, 0) is 49.7 Å². The van der Waals surface area contributed by atoms with Gasteiger partial charge in [-0.2, -0.15) is 0 Å².